The lowest BCUT2D eigenvalue weighted by Crippen LogP contribution is -2.32. The smallest absolute Gasteiger partial charge is 0.335 e. The van der Waals surface area contributed by atoms with Crippen LogP contribution >= 0.6 is 0 Å². The number of nitrogens with zero attached hydrogens (tertiary/aromatic N) is 1. The summed E-state index contributed by atoms with van der Waals surface area (Å²) >= 11 is 0. The number of hydrogen-bond donors (Lipinski definition) is 0. The molecule has 2 amide bonds. The first-order chi connectivity index (χ1) is 8.50. The third-order valence-corrected chi connectivity index (χ3v) is 2.25. The van der Waals surface area contributed by atoms with Crippen LogP contribution in [0.3, 0.4) is 0 Å². The molecule has 0 bridgehead atoms. The summed E-state index contributed by atoms with van der Waals surface area (Å²) in [5.41, 5.74) is 0. The second-order valence-electron chi connectivity index (χ2n) is 3.86. The zero-order valence-corrected chi connectivity index (χ0v) is 10.1. The predicted octanol–water partition coefficient (Wildman–Crippen LogP) is -0.0206. The van der Waals surface area contributed by atoms with Crippen molar-refractivity contribution in [1.82, 2.24) is 5.06 Å². The summed E-state index contributed by atoms with van der Waals surface area (Å²) in [7, 11) is 0. The molecule has 7 nitrogen and oxygen atoms in total. The summed E-state index contributed by atoms with van der Waals surface area (Å²) in [6.45, 7) is 1.77. The van der Waals surface area contributed by atoms with Gasteiger partial charge in [0.05, 0.1) is 19.6 Å². The van der Waals surface area contributed by atoms with E-state index in [0.29, 0.717) is 5.06 Å². The molecule has 0 radical (unpaired) electrons. The van der Waals surface area contributed by atoms with Crippen molar-refractivity contribution < 1.29 is 28.8 Å². The average Bonchev–Trinajstić information content (AvgIpc) is 2.60. The van der Waals surface area contributed by atoms with Crippen molar-refractivity contribution >= 4 is 23.6 Å². The summed E-state index contributed by atoms with van der Waals surface area (Å²) in [6.07, 6.45) is 0.357. The standard InChI is InChI=1S/C11H15NO6/c1-8(13)4-6-17-7-5-11(16)18-12-9(14)2-3-10(12)15/h2-7H2,1H3. The van der Waals surface area contributed by atoms with E-state index in [1.165, 1.54) is 6.92 Å². The monoisotopic (exact) mass is 257 g/mol. The van der Waals surface area contributed by atoms with E-state index in [1.807, 2.05) is 0 Å². The highest BCUT2D eigenvalue weighted by Crippen LogP contribution is 2.12. The number of ether oxygens (including phenoxy) is 1. The van der Waals surface area contributed by atoms with E-state index >= 15 is 0 Å². The van der Waals surface area contributed by atoms with Crippen LogP contribution in [0.5, 0.6) is 0 Å². The molecular weight excluding hydrogens is 242 g/mol. The normalized spacial score (nSPS) is 15.1. The first-order valence-electron chi connectivity index (χ1n) is 5.64. The Balaban J connectivity index is 2.16. The maximum absolute atomic E-state index is 11.3. The first-order valence-corrected chi connectivity index (χ1v) is 5.64. The van der Waals surface area contributed by atoms with Crippen molar-refractivity contribution in [2.75, 3.05) is 13.2 Å². The molecule has 7 heteroatoms. The van der Waals surface area contributed by atoms with Gasteiger partial charge >= 0.3 is 5.97 Å². The van der Waals surface area contributed by atoms with Crippen LogP contribution in [0.25, 0.3) is 0 Å². The van der Waals surface area contributed by atoms with Crippen LogP contribution in [-0.4, -0.2) is 41.8 Å². The molecular formula is C11H15NO6. The summed E-state index contributed by atoms with van der Waals surface area (Å²) in [4.78, 5) is 48.7. The van der Waals surface area contributed by atoms with Gasteiger partial charge in [0.2, 0.25) is 0 Å². The molecule has 1 aliphatic rings. The first kappa shape index (κ1) is 14.3. The molecule has 100 valence electrons. The van der Waals surface area contributed by atoms with Gasteiger partial charge < -0.3 is 9.57 Å². The molecule has 0 spiro atoms. The SMILES string of the molecule is CC(=O)CCOCCC(=O)ON1C(=O)CCC1=O. The molecule has 1 fully saturated rings. The topological polar surface area (TPSA) is 90.0 Å². The van der Waals surface area contributed by atoms with Gasteiger partial charge in [-0.2, -0.15) is 0 Å². The van der Waals surface area contributed by atoms with Gasteiger partial charge in [-0.25, -0.2) is 4.79 Å². The Hall–Kier alpha value is -1.76. The van der Waals surface area contributed by atoms with E-state index in [2.05, 4.69) is 4.84 Å². The van der Waals surface area contributed by atoms with Gasteiger partial charge in [-0.1, -0.05) is 0 Å². The highest BCUT2D eigenvalue weighted by atomic mass is 16.7. The number of hydroxylamine groups is 2. The van der Waals surface area contributed by atoms with Crippen LogP contribution in [-0.2, 0) is 28.8 Å². The van der Waals surface area contributed by atoms with Crippen molar-refractivity contribution in [1.29, 1.82) is 0 Å². The van der Waals surface area contributed by atoms with Crippen molar-refractivity contribution in [3.05, 3.63) is 0 Å². The lowest BCUT2D eigenvalue weighted by molar-refractivity contribution is -0.198. The number of Topliss-reactive ketones (excluding diaryl/α,β-unsaturated/α-hetero) is 1. The predicted molar refractivity (Wildman–Crippen MR) is 57.9 cm³/mol. The van der Waals surface area contributed by atoms with Crippen LogP contribution in [0, 0.1) is 0 Å². The number of amides is 2. The van der Waals surface area contributed by atoms with E-state index in [0.717, 1.165) is 0 Å². The van der Waals surface area contributed by atoms with E-state index in [1.54, 1.807) is 0 Å². The Kier molecular flexibility index (Phi) is 5.44. The second kappa shape index (κ2) is 6.85. The van der Waals surface area contributed by atoms with Gasteiger partial charge in [0.1, 0.15) is 5.78 Å². The molecule has 0 saturated carbocycles. The van der Waals surface area contributed by atoms with Crippen molar-refractivity contribution in [3.63, 3.8) is 0 Å². The molecule has 1 heterocycles. The van der Waals surface area contributed by atoms with Crippen molar-refractivity contribution in [2.24, 2.45) is 0 Å². The average molecular weight is 257 g/mol. The summed E-state index contributed by atoms with van der Waals surface area (Å²) in [5, 5.41) is 0.498. The fourth-order valence-corrected chi connectivity index (χ4v) is 1.28. The fraction of sp³-hybridized carbons (Fsp3) is 0.636. The maximum atomic E-state index is 11.3. The minimum absolute atomic E-state index is 0.00540. The van der Waals surface area contributed by atoms with Crippen molar-refractivity contribution in [3.8, 4) is 0 Å². The van der Waals surface area contributed by atoms with Crippen LogP contribution in [0.15, 0.2) is 0 Å². The largest absolute Gasteiger partial charge is 0.380 e. The zero-order chi connectivity index (χ0) is 13.5. The molecule has 0 aromatic heterocycles. The second-order valence-corrected chi connectivity index (χ2v) is 3.86. The quantitative estimate of drug-likeness (QED) is 0.470. The zero-order valence-electron chi connectivity index (χ0n) is 10.1. The van der Waals surface area contributed by atoms with Gasteiger partial charge in [-0.15, -0.1) is 5.06 Å². The number of hydrogen-bond acceptors (Lipinski definition) is 6. The van der Waals surface area contributed by atoms with E-state index in [9.17, 15) is 19.2 Å². The lowest BCUT2D eigenvalue weighted by atomic mass is 10.3. The number of carbonyl (C=O) groups is 4. The third-order valence-electron chi connectivity index (χ3n) is 2.25. The summed E-state index contributed by atoms with van der Waals surface area (Å²) in [6, 6.07) is 0. The van der Waals surface area contributed by atoms with E-state index < -0.39 is 17.8 Å². The van der Waals surface area contributed by atoms with Gasteiger partial charge in [-0.05, 0) is 6.92 Å². The number of ketones is 1. The summed E-state index contributed by atoms with van der Waals surface area (Å²) < 4.78 is 5.02. The molecule has 0 aliphatic carbocycles. The van der Waals surface area contributed by atoms with Gasteiger partial charge in [0, 0.05) is 19.3 Å². The lowest BCUT2D eigenvalue weighted by Gasteiger charge is -2.12. The number of carbonyl (C=O) groups excluding carboxylic acids is 4. The number of rotatable bonds is 7. The molecule has 0 aromatic carbocycles. The molecule has 1 saturated heterocycles. The third kappa shape index (κ3) is 4.62. The molecule has 0 N–H and O–H groups in total. The van der Waals surface area contributed by atoms with Crippen LogP contribution < -0.4 is 0 Å². The Bertz CT molecular complexity index is 349. The molecule has 18 heavy (non-hydrogen) atoms. The molecule has 0 atom stereocenters. The van der Waals surface area contributed by atoms with Gasteiger partial charge in [0.25, 0.3) is 11.8 Å². The van der Waals surface area contributed by atoms with Crippen LogP contribution in [0.4, 0.5) is 0 Å². The molecule has 0 aromatic rings. The highest BCUT2D eigenvalue weighted by molar-refractivity contribution is 6.01. The minimum Gasteiger partial charge on any atom is -0.380 e. The van der Waals surface area contributed by atoms with Gasteiger partial charge in [-0.3, -0.25) is 14.4 Å². The molecule has 1 aliphatic heterocycles. The molecule has 1 rings (SSSR count). The Labute approximate surface area is 104 Å². The summed E-state index contributed by atoms with van der Waals surface area (Å²) in [5.74, 6) is -1.72. The highest BCUT2D eigenvalue weighted by Gasteiger charge is 2.32. The van der Waals surface area contributed by atoms with Crippen molar-refractivity contribution in [2.45, 2.75) is 32.6 Å². The Morgan fingerprint density at radius 1 is 1.11 bits per heavy atom. The Morgan fingerprint density at radius 3 is 2.22 bits per heavy atom. The Morgan fingerprint density at radius 2 is 1.67 bits per heavy atom. The number of imide groups is 1. The van der Waals surface area contributed by atoms with Crippen LogP contribution in [0.2, 0.25) is 0 Å². The van der Waals surface area contributed by atoms with E-state index in [-0.39, 0.29) is 44.7 Å². The minimum atomic E-state index is -0.707. The molecule has 0 unspecified atom stereocenters. The maximum Gasteiger partial charge on any atom is 0.335 e. The van der Waals surface area contributed by atoms with Crippen LogP contribution in [0.1, 0.15) is 32.6 Å². The van der Waals surface area contributed by atoms with Gasteiger partial charge in [0.15, 0.2) is 0 Å². The fourth-order valence-electron chi connectivity index (χ4n) is 1.28. The van der Waals surface area contributed by atoms with E-state index in [4.69, 9.17) is 4.74 Å².